The van der Waals surface area contributed by atoms with Crippen LogP contribution < -0.4 is 5.32 Å². The van der Waals surface area contributed by atoms with E-state index >= 15 is 0 Å². The molecule has 1 heterocycles. The van der Waals surface area contributed by atoms with Gasteiger partial charge in [0, 0.05) is 18.8 Å². The topological polar surface area (TPSA) is 29.9 Å². The Labute approximate surface area is 106 Å². The van der Waals surface area contributed by atoms with Gasteiger partial charge in [0.1, 0.15) is 0 Å². The summed E-state index contributed by atoms with van der Waals surface area (Å²) in [6.45, 7) is 11.0. The highest BCUT2D eigenvalue weighted by atomic mass is 15.3. The molecule has 0 saturated carbocycles. The monoisotopic (exact) mass is 237 g/mol. The molecule has 0 radical (unpaired) electrons. The lowest BCUT2D eigenvalue weighted by atomic mass is 9.98. The van der Waals surface area contributed by atoms with E-state index in [0.29, 0.717) is 6.04 Å². The van der Waals surface area contributed by atoms with E-state index in [1.165, 1.54) is 18.4 Å². The summed E-state index contributed by atoms with van der Waals surface area (Å²) in [6.07, 6.45) is 7.70. The van der Waals surface area contributed by atoms with Gasteiger partial charge in [0.15, 0.2) is 0 Å². The fourth-order valence-electron chi connectivity index (χ4n) is 2.13. The van der Waals surface area contributed by atoms with Gasteiger partial charge >= 0.3 is 0 Å². The molecule has 1 unspecified atom stereocenters. The Kier molecular flexibility index (Phi) is 6.27. The molecule has 0 fully saturated rings. The first-order valence-corrected chi connectivity index (χ1v) is 6.90. The molecule has 1 rings (SSSR count). The number of aromatic nitrogens is 2. The maximum atomic E-state index is 4.34. The molecule has 1 aromatic rings. The van der Waals surface area contributed by atoms with Crippen molar-refractivity contribution < 1.29 is 0 Å². The third-order valence-corrected chi connectivity index (χ3v) is 2.93. The summed E-state index contributed by atoms with van der Waals surface area (Å²) in [7, 11) is 0. The molecule has 0 amide bonds. The maximum absolute atomic E-state index is 4.34. The zero-order valence-electron chi connectivity index (χ0n) is 11.7. The molecule has 0 bridgehead atoms. The quantitative estimate of drug-likeness (QED) is 0.753. The zero-order chi connectivity index (χ0) is 12.7. The molecule has 0 saturated heterocycles. The highest BCUT2D eigenvalue weighted by molar-refractivity contribution is 5.06. The Morgan fingerprint density at radius 3 is 2.65 bits per heavy atom. The SMILES string of the molecule is CCCNC(Cc1cnn(CC)c1)CC(C)C. The van der Waals surface area contributed by atoms with E-state index in [4.69, 9.17) is 0 Å². The molecule has 0 spiro atoms. The van der Waals surface area contributed by atoms with E-state index in [1.54, 1.807) is 0 Å². The van der Waals surface area contributed by atoms with Crippen LogP contribution >= 0.6 is 0 Å². The lowest BCUT2D eigenvalue weighted by Gasteiger charge is -2.19. The zero-order valence-corrected chi connectivity index (χ0v) is 11.7. The van der Waals surface area contributed by atoms with Crippen LogP contribution in [0.2, 0.25) is 0 Å². The summed E-state index contributed by atoms with van der Waals surface area (Å²) in [5, 5.41) is 7.98. The third-order valence-electron chi connectivity index (χ3n) is 2.93. The standard InChI is InChI=1S/C14H27N3/c1-5-7-15-14(8-12(3)4)9-13-10-16-17(6-2)11-13/h10-12,14-15H,5-9H2,1-4H3. The van der Waals surface area contributed by atoms with Crippen LogP contribution in [0, 0.1) is 5.92 Å². The predicted octanol–water partition coefficient (Wildman–Crippen LogP) is 2.86. The van der Waals surface area contributed by atoms with E-state index in [1.807, 2.05) is 10.9 Å². The first-order valence-electron chi connectivity index (χ1n) is 6.90. The predicted molar refractivity (Wildman–Crippen MR) is 73.1 cm³/mol. The van der Waals surface area contributed by atoms with Crippen molar-refractivity contribution >= 4 is 0 Å². The Balaban J connectivity index is 2.51. The molecule has 0 aliphatic carbocycles. The van der Waals surface area contributed by atoms with Crippen molar-refractivity contribution in [2.75, 3.05) is 6.54 Å². The van der Waals surface area contributed by atoms with E-state index < -0.39 is 0 Å². The smallest absolute Gasteiger partial charge is 0.0522 e. The number of nitrogens with one attached hydrogen (secondary N) is 1. The van der Waals surface area contributed by atoms with Gasteiger partial charge in [0.05, 0.1) is 6.20 Å². The minimum absolute atomic E-state index is 0.587. The lowest BCUT2D eigenvalue weighted by molar-refractivity contribution is 0.416. The van der Waals surface area contributed by atoms with Crippen LogP contribution in [0.15, 0.2) is 12.4 Å². The number of rotatable bonds is 8. The number of hydrogen-bond donors (Lipinski definition) is 1. The molecular formula is C14H27N3. The van der Waals surface area contributed by atoms with Gasteiger partial charge in [-0.05, 0) is 44.2 Å². The van der Waals surface area contributed by atoms with Crippen molar-refractivity contribution in [1.29, 1.82) is 0 Å². The molecule has 1 aromatic heterocycles. The minimum Gasteiger partial charge on any atom is -0.314 e. The maximum Gasteiger partial charge on any atom is 0.0522 e. The molecule has 98 valence electrons. The van der Waals surface area contributed by atoms with Crippen LogP contribution in [0.25, 0.3) is 0 Å². The summed E-state index contributed by atoms with van der Waals surface area (Å²) >= 11 is 0. The van der Waals surface area contributed by atoms with E-state index in [9.17, 15) is 0 Å². The second kappa shape index (κ2) is 7.49. The summed E-state index contributed by atoms with van der Waals surface area (Å²) < 4.78 is 2.00. The van der Waals surface area contributed by atoms with Gasteiger partial charge in [-0.1, -0.05) is 20.8 Å². The van der Waals surface area contributed by atoms with Gasteiger partial charge in [-0.3, -0.25) is 4.68 Å². The van der Waals surface area contributed by atoms with E-state index in [2.05, 4.69) is 44.3 Å². The van der Waals surface area contributed by atoms with Gasteiger partial charge in [-0.25, -0.2) is 0 Å². The average Bonchev–Trinajstić information content (AvgIpc) is 2.73. The van der Waals surface area contributed by atoms with E-state index in [-0.39, 0.29) is 0 Å². The first-order chi connectivity index (χ1) is 8.15. The van der Waals surface area contributed by atoms with Crippen molar-refractivity contribution in [2.45, 2.75) is 59.5 Å². The van der Waals surface area contributed by atoms with Crippen molar-refractivity contribution in [3.8, 4) is 0 Å². The fourth-order valence-corrected chi connectivity index (χ4v) is 2.13. The second-order valence-corrected chi connectivity index (χ2v) is 5.19. The average molecular weight is 237 g/mol. The molecule has 3 heteroatoms. The van der Waals surface area contributed by atoms with Crippen molar-refractivity contribution in [2.24, 2.45) is 5.92 Å². The van der Waals surface area contributed by atoms with Gasteiger partial charge in [0.2, 0.25) is 0 Å². The van der Waals surface area contributed by atoms with Gasteiger partial charge < -0.3 is 5.32 Å². The van der Waals surface area contributed by atoms with Crippen LogP contribution in [-0.2, 0) is 13.0 Å². The Morgan fingerprint density at radius 2 is 2.12 bits per heavy atom. The van der Waals surface area contributed by atoms with Gasteiger partial charge in [-0.15, -0.1) is 0 Å². The highest BCUT2D eigenvalue weighted by Gasteiger charge is 2.11. The molecule has 17 heavy (non-hydrogen) atoms. The molecule has 0 aliphatic rings. The molecular weight excluding hydrogens is 210 g/mol. The van der Waals surface area contributed by atoms with Crippen LogP contribution in [0.1, 0.15) is 46.1 Å². The lowest BCUT2D eigenvalue weighted by Crippen LogP contribution is -2.33. The number of aryl methyl sites for hydroxylation is 1. The normalized spacial score (nSPS) is 13.2. The molecule has 3 nitrogen and oxygen atoms in total. The first kappa shape index (κ1) is 14.2. The summed E-state index contributed by atoms with van der Waals surface area (Å²) in [4.78, 5) is 0. The van der Waals surface area contributed by atoms with Crippen molar-refractivity contribution in [1.82, 2.24) is 15.1 Å². The third kappa shape index (κ3) is 5.35. The summed E-state index contributed by atoms with van der Waals surface area (Å²) in [5.74, 6) is 0.741. The van der Waals surface area contributed by atoms with Gasteiger partial charge in [-0.2, -0.15) is 5.10 Å². The van der Waals surface area contributed by atoms with Crippen LogP contribution in [0.4, 0.5) is 0 Å². The highest BCUT2D eigenvalue weighted by Crippen LogP contribution is 2.11. The fraction of sp³-hybridized carbons (Fsp3) is 0.786. The number of hydrogen-bond acceptors (Lipinski definition) is 2. The number of nitrogens with zero attached hydrogens (tertiary/aromatic N) is 2. The van der Waals surface area contributed by atoms with Crippen molar-refractivity contribution in [3.05, 3.63) is 18.0 Å². The van der Waals surface area contributed by atoms with Crippen LogP contribution in [-0.4, -0.2) is 22.4 Å². The van der Waals surface area contributed by atoms with Crippen molar-refractivity contribution in [3.63, 3.8) is 0 Å². The minimum atomic E-state index is 0.587. The Hall–Kier alpha value is -0.830. The Bertz CT molecular complexity index is 304. The summed E-state index contributed by atoms with van der Waals surface area (Å²) in [6, 6.07) is 0.587. The largest absolute Gasteiger partial charge is 0.314 e. The van der Waals surface area contributed by atoms with Crippen LogP contribution in [0.5, 0.6) is 0 Å². The molecule has 1 N–H and O–H groups in total. The molecule has 0 aliphatic heterocycles. The second-order valence-electron chi connectivity index (χ2n) is 5.19. The van der Waals surface area contributed by atoms with E-state index in [0.717, 1.165) is 25.4 Å². The molecule has 1 atom stereocenters. The molecule has 0 aromatic carbocycles. The Morgan fingerprint density at radius 1 is 1.35 bits per heavy atom. The van der Waals surface area contributed by atoms with Crippen LogP contribution in [0.3, 0.4) is 0 Å². The summed E-state index contributed by atoms with van der Waals surface area (Å²) in [5.41, 5.74) is 1.35. The van der Waals surface area contributed by atoms with Gasteiger partial charge in [0.25, 0.3) is 0 Å².